The van der Waals surface area contributed by atoms with E-state index in [9.17, 15) is 13.2 Å². The summed E-state index contributed by atoms with van der Waals surface area (Å²) in [6.45, 7) is -0.292. The van der Waals surface area contributed by atoms with Crippen molar-refractivity contribution in [3.05, 3.63) is 59.4 Å². The van der Waals surface area contributed by atoms with Gasteiger partial charge in [0.25, 0.3) is 5.91 Å². The zero-order valence-corrected chi connectivity index (χ0v) is 17.4. The number of hydrazone groups is 1. The minimum absolute atomic E-state index is 0.124. The quantitative estimate of drug-likeness (QED) is 0.535. The number of amides is 1. The van der Waals surface area contributed by atoms with Gasteiger partial charge in [0.05, 0.1) is 17.7 Å². The van der Waals surface area contributed by atoms with E-state index in [1.807, 2.05) is 0 Å². The van der Waals surface area contributed by atoms with Crippen LogP contribution in [-0.2, 0) is 14.8 Å². The Morgan fingerprint density at radius 3 is 2.59 bits per heavy atom. The zero-order valence-electron chi connectivity index (χ0n) is 15.9. The molecule has 1 aliphatic rings. The van der Waals surface area contributed by atoms with Crippen LogP contribution in [0.2, 0.25) is 5.02 Å². The number of aromatic nitrogens is 1. The lowest BCUT2D eigenvalue weighted by molar-refractivity contribution is -0.121. The van der Waals surface area contributed by atoms with Crippen molar-refractivity contribution in [3.8, 4) is 0 Å². The summed E-state index contributed by atoms with van der Waals surface area (Å²) in [5.41, 5.74) is 3.14. The number of sulfonamides is 1. The second-order valence-corrected chi connectivity index (χ2v) is 9.20. The van der Waals surface area contributed by atoms with E-state index in [0.717, 1.165) is 37.7 Å². The number of hydrogen-bond donors (Lipinski definition) is 1. The number of rotatable bonds is 7. The van der Waals surface area contributed by atoms with Gasteiger partial charge in [-0.05, 0) is 43.2 Å². The number of pyridine rings is 1. The van der Waals surface area contributed by atoms with Crippen LogP contribution in [0.25, 0.3) is 0 Å². The lowest BCUT2D eigenvalue weighted by Gasteiger charge is -2.32. The molecule has 1 N–H and O–H groups in total. The Bertz CT molecular complexity index is 943. The van der Waals surface area contributed by atoms with Gasteiger partial charge in [-0.1, -0.05) is 36.9 Å². The van der Waals surface area contributed by atoms with Gasteiger partial charge in [-0.2, -0.15) is 9.41 Å². The van der Waals surface area contributed by atoms with Crippen molar-refractivity contribution in [2.24, 2.45) is 5.10 Å². The number of hydrogen-bond acceptors (Lipinski definition) is 5. The molecular weight excluding hydrogens is 412 g/mol. The van der Waals surface area contributed by atoms with Crippen molar-refractivity contribution in [1.29, 1.82) is 0 Å². The Hall–Kier alpha value is -2.29. The molecule has 0 bridgehead atoms. The Balaban J connectivity index is 1.75. The second-order valence-electron chi connectivity index (χ2n) is 6.88. The first-order valence-electron chi connectivity index (χ1n) is 9.46. The fourth-order valence-corrected chi connectivity index (χ4v) is 5.10. The normalized spacial score (nSPS) is 15.7. The largest absolute Gasteiger partial charge is 0.272 e. The third-order valence-electron chi connectivity index (χ3n) is 4.79. The summed E-state index contributed by atoms with van der Waals surface area (Å²) < 4.78 is 27.8. The number of benzene rings is 1. The molecule has 29 heavy (non-hydrogen) atoms. The molecule has 9 heteroatoms. The van der Waals surface area contributed by atoms with E-state index in [1.54, 1.807) is 24.5 Å². The maximum atomic E-state index is 13.2. The summed E-state index contributed by atoms with van der Waals surface area (Å²) in [5, 5.41) is 4.36. The van der Waals surface area contributed by atoms with E-state index in [-0.39, 0.29) is 17.5 Å². The van der Waals surface area contributed by atoms with Crippen LogP contribution in [0.1, 0.15) is 37.7 Å². The smallest absolute Gasteiger partial charge is 0.255 e. The summed E-state index contributed by atoms with van der Waals surface area (Å²) >= 11 is 5.89. The molecule has 0 unspecified atom stereocenters. The van der Waals surface area contributed by atoms with Crippen LogP contribution < -0.4 is 5.43 Å². The van der Waals surface area contributed by atoms with Crippen molar-refractivity contribution in [3.63, 3.8) is 0 Å². The van der Waals surface area contributed by atoms with Gasteiger partial charge < -0.3 is 0 Å². The Labute approximate surface area is 175 Å². The van der Waals surface area contributed by atoms with Gasteiger partial charge in [-0.3, -0.25) is 9.78 Å². The lowest BCUT2D eigenvalue weighted by Crippen LogP contribution is -2.46. The van der Waals surface area contributed by atoms with Gasteiger partial charge in [-0.25, -0.2) is 13.8 Å². The van der Waals surface area contributed by atoms with Gasteiger partial charge in [-0.15, -0.1) is 0 Å². The Morgan fingerprint density at radius 2 is 1.93 bits per heavy atom. The fourth-order valence-electron chi connectivity index (χ4n) is 3.33. The molecule has 1 amide bonds. The second kappa shape index (κ2) is 9.96. The van der Waals surface area contributed by atoms with E-state index in [0.29, 0.717) is 5.02 Å². The lowest BCUT2D eigenvalue weighted by atomic mass is 9.95. The average molecular weight is 435 g/mol. The van der Waals surface area contributed by atoms with Crippen LogP contribution >= 0.6 is 11.6 Å². The molecule has 2 aromatic rings. The summed E-state index contributed by atoms with van der Waals surface area (Å²) in [7, 11) is -3.84. The Kier molecular flexibility index (Phi) is 7.35. The maximum Gasteiger partial charge on any atom is 0.255 e. The molecule has 1 saturated carbocycles. The standard InChI is InChI=1S/C20H23ClN4O3S/c21-17-8-10-19(11-9-17)29(27,28)25(18-6-2-1-3-7-18)15-20(26)24-23-14-16-5-4-12-22-13-16/h4-5,8-14,18H,1-3,6-7,15H2,(H,24,26)/b23-14+. The van der Waals surface area contributed by atoms with Crippen molar-refractivity contribution in [2.75, 3.05) is 6.54 Å². The summed E-state index contributed by atoms with van der Waals surface area (Å²) in [6, 6.07) is 9.34. The third kappa shape index (κ3) is 5.85. The molecule has 0 spiro atoms. The van der Waals surface area contributed by atoms with Gasteiger partial charge in [0.1, 0.15) is 0 Å². The first-order valence-corrected chi connectivity index (χ1v) is 11.3. The predicted octanol–water partition coefficient (Wildman–Crippen LogP) is 3.21. The summed E-state index contributed by atoms with van der Waals surface area (Å²) in [4.78, 5) is 16.5. The number of carbonyl (C=O) groups is 1. The number of nitrogens with zero attached hydrogens (tertiary/aromatic N) is 3. The van der Waals surface area contributed by atoms with Crippen LogP contribution in [-0.4, -0.2) is 42.4 Å². The van der Waals surface area contributed by atoms with Gasteiger partial charge >= 0.3 is 0 Å². The van der Waals surface area contributed by atoms with Crippen LogP contribution in [0.3, 0.4) is 0 Å². The van der Waals surface area contributed by atoms with Gasteiger partial charge in [0, 0.05) is 29.0 Å². The molecule has 3 rings (SSSR count). The number of nitrogens with one attached hydrogen (secondary N) is 1. The number of carbonyl (C=O) groups excluding carboxylic acids is 1. The molecule has 1 aromatic heterocycles. The minimum Gasteiger partial charge on any atom is -0.272 e. The molecule has 1 heterocycles. The van der Waals surface area contributed by atoms with E-state index < -0.39 is 15.9 Å². The SMILES string of the molecule is O=C(CN(C1CCCCC1)S(=O)(=O)c1ccc(Cl)cc1)N/N=C/c1cccnc1. The first kappa shape index (κ1) is 21.4. The molecule has 0 atom stereocenters. The van der Waals surface area contributed by atoms with Crippen molar-refractivity contribution in [2.45, 2.75) is 43.0 Å². The first-order chi connectivity index (χ1) is 14.0. The molecule has 1 aliphatic carbocycles. The highest BCUT2D eigenvalue weighted by Gasteiger charge is 2.33. The molecule has 1 fully saturated rings. The molecule has 0 saturated heterocycles. The molecule has 0 radical (unpaired) electrons. The molecular formula is C20H23ClN4O3S. The van der Waals surface area contributed by atoms with Gasteiger partial charge in [0.2, 0.25) is 10.0 Å². The van der Waals surface area contributed by atoms with Crippen LogP contribution in [0, 0.1) is 0 Å². The average Bonchev–Trinajstić information content (AvgIpc) is 2.73. The van der Waals surface area contributed by atoms with E-state index in [2.05, 4.69) is 15.5 Å². The van der Waals surface area contributed by atoms with Crippen LogP contribution in [0.4, 0.5) is 0 Å². The highest BCUT2D eigenvalue weighted by molar-refractivity contribution is 7.89. The molecule has 0 aliphatic heterocycles. The molecule has 7 nitrogen and oxygen atoms in total. The predicted molar refractivity (Wildman–Crippen MR) is 112 cm³/mol. The summed E-state index contributed by atoms with van der Waals surface area (Å²) in [6.07, 6.45) is 9.14. The molecule has 154 valence electrons. The summed E-state index contributed by atoms with van der Waals surface area (Å²) in [5.74, 6) is -0.492. The van der Waals surface area contributed by atoms with E-state index >= 15 is 0 Å². The Morgan fingerprint density at radius 1 is 1.21 bits per heavy atom. The third-order valence-corrected chi connectivity index (χ3v) is 6.95. The van der Waals surface area contributed by atoms with E-state index in [1.165, 1.54) is 34.8 Å². The highest BCUT2D eigenvalue weighted by Crippen LogP contribution is 2.28. The van der Waals surface area contributed by atoms with E-state index in [4.69, 9.17) is 11.6 Å². The zero-order chi connectivity index (χ0) is 20.7. The van der Waals surface area contributed by atoms with Crippen molar-refractivity contribution >= 4 is 33.7 Å². The maximum absolute atomic E-state index is 13.2. The monoisotopic (exact) mass is 434 g/mol. The minimum atomic E-state index is -3.84. The van der Waals surface area contributed by atoms with Crippen molar-refractivity contribution < 1.29 is 13.2 Å². The van der Waals surface area contributed by atoms with Crippen molar-refractivity contribution in [1.82, 2.24) is 14.7 Å². The fraction of sp³-hybridized carbons (Fsp3) is 0.350. The van der Waals surface area contributed by atoms with Gasteiger partial charge in [0.15, 0.2) is 0 Å². The number of halogens is 1. The molecule has 1 aromatic carbocycles. The topological polar surface area (TPSA) is 91.7 Å². The van der Waals surface area contributed by atoms with Crippen LogP contribution in [0.5, 0.6) is 0 Å². The highest BCUT2D eigenvalue weighted by atomic mass is 35.5. The van der Waals surface area contributed by atoms with Crippen LogP contribution in [0.15, 0.2) is 58.8 Å².